The van der Waals surface area contributed by atoms with Gasteiger partial charge in [0.15, 0.2) is 0 Å². The Hall–Kier alpha value is -1.65. The second kappa shape index (κ2) is 4.46. The highest BCUT2D eigenvalue weighted by Crippen LogP contribution is 2.64. The fraction of sp³-hybridized carbons (Fsp3) is 0.526. The third kappa shape index (κ3) is 1.76. The van der Waals surface area contributed by atoms with Crippen molar-refractivity contribution in [2.24, 2.45) is 11.8 Å². The highest BCUT2D eigenvalue weighted by atomic mass is 16.3. The number of pyridine rings is 1. The molecular formula is C19H22N2O2. The minimum absolute atomic E-state index is 0.295. The zero-order valence-electron chi connectivity index (χ0n) is 13.3. The van der Waals surface area contributed by atoms with Gasteiger partial charge in [0.2, 0.25) is 0 Å². The molecule has 1 aliphatic carbocycles. The van der Waals surface area contributed by atoms with Crippen LogP contribution in [0.2, 0.25) is 0 Å². The quantitative estimate of drug-likeness (QED) is 0.895. The molecule has 0 radical (unpaired) electrons. The summed E-state index contributed by atoms with van der Waals surface area (Å²) in [6.45, 7) is 4.03. The average Bonchev–Trinajstić information content (AvgIpc) is 3.31. The Morgan fingerprint density at radius 1 is 1.35 bits per heavy atom. The van der Waals surface area contributed by atoms with Gasteiger partial charge in [-0.1, -0.05) is 6.92 Å². The Labute approximate surface area is 135 Å². The lowest BCUT2D eigenvalue weighted by molar-refractivity contribution is -0.117. The standard InChI is InChI=1S/C19H22N2O2/c1-2-19(23)10-21-8-6-14(19)17-16(18(17)21)12-5-7-20-15-4-3-11(22)9-13(12)15/h3-5,7,9,14,16-18,22-23H,2,6,8,10H2,1H3/t14?,16-,17?,18?,19?/m1/s1. The first-order valence-electron chi connectivity index (χ1n) is 8.66. The molecule has 6 atom stereocenters. The molecule has 2 bridgehead atoms. The first-order chi connectivity index (χ1) is 11.1. The number of rotatable bonds is 2. The molecule has 0 amide bonds. The lowest BCUT2D eigenvalue weighted by Gasteiger charge is -2.49. The number of hydrogen-bond acceptors (Lipinski definition) is 4. The maximum absolute atomic E-state index is 11.0. The Morgan fingerprint density at radius 2 is 2.22 bits per heavy atom. The normalized spacial score (nSPS) is 41.0. The summed E-state index contributed by atoms with van der Waals surface area (Å²) in [7, 11) is 0. The van der Waals surface area contributed by atoms with E-state index in [2.05, 4.69) is 22.9 Å². The van der Waals surface area contributed by atoms with E-state index < -0.39 is 5.60 Å². The van der Waals surface area contributed by atoms with Crippen LogP contribution in [0.5, 0.6) is 5.75 Å². The molecule has 120 valence electrons. The van der Waals surface area contributed by atoms with Crippen LogP contribution in [0.4, 0.5) is 0 Å². The molecule has 6 rings (SSSR count). The van der Waals surface area contributed by atoms with Gasteiger partial charge in [-0.2, -0.15) is 0 Å². The summed E-state index contributed by atoms with van der Waals surface area (Å²) >= 11 is 0. The minimum Gasteiger partial charge on any atom is -0.508 e. The van der Waals surface area contributed by atoms with Crippen molar-refractivity contribution in [3.8, 4) is 5.75 Å². The monoisotopic (exact) mass is 310 g/mol. The third-order valence-electron chi connectivity index (χ3n) is 6.55. The van der Waals surface area contributed by atoms with Crippen LogP contribution >= 0.6 is 0 Å². The van der Waals surface area contributed by atoms with Gasteiger partial charge in [-0.05, 0) is 61.1 Å². The maximum atomic E-state index is 11.0. The number of aromatic nitrogens is 1. The van der Waals surface area contributed by atoms with Gasteiger partial charge in [0.25, 0.3) is 0 Å². The van der Waals surface area contributed by atoms with E-state index >= 15 is 0 Å². The largest absolute Gasteiger partial charge is 0.508 e. The van der Waals surface area contributed by atoms with Crippen LogP contribution < -0.4 is 0 Å². The second-order valence-corrected chi connectivity index (χ2v) is 7.52. The van der Waals surface area contributed by atoms with Crippen molar-refractivity contribution in [1.82, 2.24) is 9.88 Å². The molecule has 5 unspecified atom stereocenters. The maximum Gasteiger partial charge on any atom is 0.116 e. The Morgan fingerprint density at radius 3 is 3.04 bits per heavy atom. The molecule has 4 aliphatic rings. The van der Waals surface area contributed by atoms with Crippen LogP contribution in [0.25, 0.3) is 10.9 Å². The number of fused-ring (bicyclic) bond motifs is 3. The third-order valence-corrected chi connectivity index (χ3v) is 6.55. The molecule has 3 saturated heterocycles. The van der Waals surface area contributed by atoms with E-state index in [-0.39, 0.29) is 0 Å². The molecule has 0 spiro atoms. The smallest absolute Gasteiger partial charge is 0.116 e. The first-order valence-corrected chi connectivity index (χ1v) is 8.66. The number of phenols is 1. The number of aliphatic hydroxyl groups is 1. The van der Waals surface area contributed by atoms with E-state index in [9.17, 15) is 10.2 Å². The van der Waals surface area contributed by atoms with Gasteiger partial charge in [0.1, 0.15) is 5.75 Å². The second-order valence-electron chi connectivity index (χ2n) is 7.52. The molecule has 1 aromatic heterocycles. The van der Waals surface area contributed by atoms with Crippen LogP contribution in [0, 0.1) is 11.8 Å². The number of aromatic hydroxyl groups is 1. The molecule has 4 fully saturated rings. The zero-order valence-corrected chi connectivity index (χ0v) is 13.3. The number of benzene rings is 1. The average molecular weight is 310 g/mol. The molecule has 4 heterocycles. The van der Waals surface area contributed by atoms with Crippen LogP contribution in [0.1, 0.15) is 31.2 Å². The van der Waals surface area contributed by atoms with Crippen molar-refractivity contribution in [3.05, 3.63) is 36.0 Å². The Bertz CT molecular complexity index is 792. The number of nitrogens with zero attached hydrogens (tertiary/aromatic N) is 2. The highest BCUT2D eigenvalue weighted by molar-refractivity contribution is 5.84. The predicted molar refractivity (Wildman–Crippen MR) is 88.3 cm³/mol. The summed E-state index contributed by atoms with van der Waals surface area (Å²) in [5, 5.41) is 21.9. The van der Waals surface area contributed by atoms with Crippen LogP contribution in [0.3, 0.4) is 0 Å². The van der Waals surface area contributed by atoms with Gasteiger partial charge < -0.3 is 10.2 Å². The van der Waals surface area contributed by atoms with E-state index in [0.29, 0.717) is 29.5 Å². The first kappa shape index (κ1) is 13.8. The number of phenolic OH excluding ortho intramolecular Hbond substituents is 1. The van der Waals surface area contributed by atoms with E-state index in [1.165, 1.54) is 5.56 Å². The lowest BCUT2D eigenvalue weighted by Crippen LogP contribution is -2.59. The van der Waals surface area contributed by atoms with Gasteiger partial charge in [-0.25, -0.2) is 0 Å². The van der Waals surface area contributed by atoms with Gasteiger partial charge in [-0.15, -0.1) is 0 Å². The van der Waals surface area contributed by atoms with Gasteiger partial charge in [-0.3, -0.25) is 9.88 Å². The van der Waals surface area contributed by atoms with E-state index in [0.717, 1.165) is 36.8 Å². The predicted octanol–water partition coefficient (Wildman–Crippen LogP) is 2.50. The SMILES string of the molecule is CCC1(O)CN2CCC1C1C2[C@@H]1c1ccnc2ccc(O)cc12. The molecule has 1 saturated carbocycles. The van der Waals surface area contributed by atoms with Crippen molar-refractivity contribution in [2.75, 3.05) is 13.1 Å². The fourth-order valence-corrected chi connectivity index (χ4v) is 5.41. The minimum atomic E-state index is -0.515. The summed E-state index contributed by atoms with van der Waals surface area (Å²) in [5.41, 5.74) is 1.72. The molecule has 4 heteroatoms. The summed E-state index contributed by atoms with van der Waals surface area (Å²) in [4.78, 5) is 6.93. The van der Waals surface area contributed by atoms with Crippen molar-refractivity contribution < 1.29 is 10.2 Å². The number of piperidine rings is 3. The lowest BCUT2D eigenvalue weighted by atomic mass is 9.73. The van der Waals surface area contributed by atoms with Gasteiger partial charge in [0, 0.05) is 30.1 Å². The summed E-state index contributed by atoms with van der Waals surface area (Å²) in [6.07, 6.45) is 3.82. The van der Waals surface area contributed by atoms with Crippen molar-refractivity contribution in [3.63, 3.8) is 0 Å². The van der Waals surface area contributed by atoms with Crippen molar-refractivity contribution >= 4 is 10.9 Å². The van der Waals surface area contributed by atoms with Crippen LogP contribution in [-0.4, -0.2) is 44.8 Å². The fourth-order valence-electron chi connectivity index (χ4n) is 5.41. The molecule has 3 aliphatic heterocycles. The molecule has 23 heavy (non-hydrogen) atoms. The van der Waals surface area contributed by atoms with Crippen molar-refractivity contribution in [1.29, 1.82) is 0 Å². The summed E-state index contributed by atoms with van der Waals surface area (Å²) < 4.78 is 0. The Kier molecular flexibility index (Phi) is 2.67. The van der Waals surface area contributed by atoms with E-state index in [1.54, 1.807) is 6.07 Å². The van der Waals surface area contributed by atoms with E-state index in [4.69, 9.17) is 0 Å². The topological polar surface area (TPSA) is 56.6 Å². The van der Waals surface area contributed by atoms with Gasteiger partial charge >= 0.3 is 0 Å². The molecule has 1 aromatic carbocycles. The van der Waals surface area contributed by atoms with E-state index in [1.807, 2.05) is 18.3 Å². The molecule has 4 nitrogen and oxygen atoms in total. The number of hydrogen-bond donors (Lipinski definition) is 2. The van der Waals surface area contributed by atoms with Gasteiger partial charge in [0.05, 0.1) is 11.1 Å². The molecule has 2 aromatic rings. The van der Waals surface area contributed by atoms with Crippen LogP contribution in [0.15, 0.2) is 30.5 Å². The molecular weight excluding hydrogens is 288 g/mol. The van der Waals surface area contributed by atoms with Crippen LogP contribution in [-0.2, 0) is 0 Å². The zero-order chi connectivity index (χ0) is 15.8. The highest BCUT2D eigenvalue weighted by Gasteiger charge is 2.67. The summed E-state index contributed by atoms with van der Waals surface area (Å²) in [6, 6.07) is 8.09. The Balaban J connectivity index is 1.60. The molecule has 2 N–H and O–H groups in total. The van der Waals surface area contributed by atoms with Crippen molar-refractivity contribution in [2.45, 2.75) is 37.3 Å². The summed E-state index contributed by atoms with van der Waals surface area (Å²) in [5.74, 6) is 1.72.